The van der Waals surface area contributed by atoms with Crippen molar-refractivity contribution in [2.75, 3.05) is 0 Å². The van der Waals surface area contributed by atoms with Crippen molar-refractivity contribution in [2.45, 2.75) is 49.0 Å². The molecule has 2 amide bonds. The summed E-state index contributed by atoms with van der Waals surface area (Å²) in [4.78, 5) is 28.3. The monoisotopic (exact) mass is 688 g/mol. The van der Waals surface area contributed by atoms with Gasteiger partial charge in [0.1, 0.15) is 0 Å². The molecular weight excluding hydrogens is 645 g/mol. The van der Waals surface area contributed by atoms with Crippen LogP contribution in [-0.4, -0.2) is 33.2 Å². The third kappa shape index (κ3) is 9.29. The molecular formula is C46H44N2O4. The van der Waals surface area contributed by atoms with Gasteiger partial charge in [-0.15, -0.1) is 0 Å². The fraction of sp³-hybridized carbons (Fsp3) is 0.174. The highest BCUT2D eigenvalue weighted by molar-refractivity contribution is 6.35. The first-order valence-electron chi connectivity index (χ1n) is 17.6. The van der Waals surface area contributed by atoms with Crippen LogP contribution in [-0.2, 0) is 35.3 Å². The highest BCUT2D eigenvalue weighted by atomic mass is 16.3. The van der Waals surface area contributed by atoms with Crippen molar-refractivity contribution >= 4 is 11.8 Å². The third-order valence-corrected chi connectivity index (χ3v) is 9.51. The molecule has 0 aliphatic rings. The summed E-state index contributed by atoms with van der Waals surface area (Å²) in [6.07, 6.45) is 0.852. The van der Waals surface area contributed by atoms with Crippen LogP contribution in [0.5, 0.6) is 0 Å². The summed E-state index contributed by atoms with van der Waals surface area (Å²) in [5.41, 5.74) is 1.80. The van der Waals surface area contributed by atoms with Gasteiger partial charge in [0.15, 0.2) is 0 Å². The molecule has 6 rings (SSSR count). The van der Waals surface area contributed by atoms with Crippen molar-refractivity contribution in [3.63, 3.8) is 0 Å². The second-order valence-corrected chi connectivity index (χ2v) is 13.5. The molecule has 52 heavy (non-hydrogen) atoms. The molecule has 0 bridgehead atoms. The van der Waals surface area contributed by atoms with E-state index < -0.39 is 35.1 Å². The van der Waals surface area contributed by atoms with Gasteiger partial charge in [0, 0.05) is 25.7 Å². The molecule has 0 aliphatic carbocycles. The Morgan fingerprint density at radius 3 is 0.827 bits per heavy atom. The lowest BCUT2D eigenvalue weighted by atomic mass is 9.78. The molecule has 6 nitrogen and oxygen atoms in total. The van der Waals surface area contributed by atoms with E-state index in [2.05, 4.69) is 10.6 Å². The van der Waals surface area contributed by atoms with E-state index in [1.165, 1.54) is 0 Å². The summed E-state index contributed by atoms with van der Waals surface area (Å²) < 4.78 is 0. The Hall–Kier alpha value is -5.82. The highest BCUT2D eigenvalue weighted by Crippen LogP contribution is 2.35. The Morgan fingerprint density at radius 2 is 0.596 bits per heavy atom. The summed E-state index contributed by atoms with van der Waals surface area (Å²) in [7, 11) is 0. The molecule has 0 aliphatic heterocycles. The van der Waals surface area contributed by atoms with Crippen LogP contribution < -0.4 is 10.6 Å². The molecule has 6 heteroatoms. The smallest absolute Gasteiger partial charge is 0.309 e. The summed E-state index contributed by atoms with van der Waals surface area (Å²) in [6.45, 7) is 0. The van der Waals surface area contributed by atoms with Gasteiger partial charge in [-0.05, 0) is 33.4 Å². The number of rotatable bonds is 14. The van der Waals surface area contributed by atoms with Crippen LogP contribution >= 0.6 is 0 Å². The lowest BCUT2D eigenvalue weighted by Gasteiger charge is -2.39. The Labute approximate surface area is 305 Å². The number of benzene rings is 6. The van der Waals surface area contributed by atoms with E-state index in [0.29, 0.717) is 11.1 Å². The molecule has 262 valence electrons. The second-order valence-electron chi connectivity index (χ2n) is 13.5. The van der Waals surface area contributed by atoms with Gasteiger partial charge in [0.25, 0.3) is 0 Å². The number of nitrogens with one attached hydrogen (secondary N) is 2. The van der Waals surface area contributed by atoms with E-state index >= 15 is 0 Å². The molecule has 0 aromatic heterocycles. The maximum atomic E-state index is 14.2. The van der Waals surface area contributed by atoms with Crippen molar-refractivity contribution in [2.24, 2.45) is 0 Å². The van der Waals surface area contributed by atoms with E-state index in [1.54, 1.807) is 0 Å². The number of amides is 2. The van der Waals surface area contributed by atoms with Crippen LogP contribution in [0.4, 0.5) is 0 Å². The van der Waals surface area contributed by atoms with Gasteiger partial charge in [-0.3, -0.25) is 9.59 Å². The van der Waals surface area contributed by atoms with Gasteiger partial charge in [-0.25, -0.2) is 0 Å². The average Bonchev–Trinajstić information content (AvgIpc) is 3.18. The Balaban J connectivity index is 1.35. The van der Waals surface area contributed by atoms with Crippen LogP contribution in [0.1, 0.15) is 45.5 Å². The zero-order chi connectivity index (χ0) is 36.2. The summed E-state index contributed by atoms with van der Waals surface area (Å²) in [6, 6.07) is 55.1. The second kappa shape index (κ2) is 16.9. The largest absolute Gasteiger partial charge is 0.387 e. The lowest BCUT2D eigenvalue weighted by molar-refractivity contribution is -0.142. The standard InChI is InChI=1S/C46H44N2O4/c49-43(47-41(39-27-15-5-16-28-39)45(51,31-35-19-7-1-8-20-35)32-36-21-9-2-10-22-36)44(50)48-42(40-29-17-6-18-30-40)46(52,33-37-23-11-3-12-24-37)34-38-25-13-4-14-26-38/h1-30,41-42,51-52H,31-34H2,(H,47,49)(H,48,50)/t41-,42-/m1/s1. The normalized spacial score (nSPS) is 12.7. The Bertz CT molecular complexity index is 1760. The molecule has 4 N–H and O–H groups in total. The molecule has 6 aromatic carbocycles. The Kier molecular flexibility index (Phi) is 11.7. The Morgan fingerprint density at radius 1 is 0.385 bits per heavy atom. The van der Waals surface area contributed by atoms with Gasteiger partial charge in [0.05, 0.1) is 23.3 Å². The van der Waals surface area contributed by atoms with Crippen molar-refractivity contribution < 1.29 is 19.8 Å². The van der Waals surface area contributed by atoms with Crippen LogP contribution in [0.3, 0.4) is 0 Å². The summed E-state index contributed by atoms with van der Waals surface area (Å²) in [5, 5.41) is 31.3. The number of hydrogen-bond acceptors (Lipinski definition) is 4. The molecule has 0 unspecified atom stereocenters. The molecule has 0 radical (unpaired) electrons. The van der Waals surface area contributed by atoms with E-state index in [0.717, 1.165) is 22.3 Å². The maximum absolute atomic E-state index is 14.2. The van der Waals surface area contributed by atoms with Gasteiger partial charge in [0.2, 0.25) is 0 Å². The van der Waals surface area contributed by atoms with Gasteiger partial charge in [-0.2, -0.15) is 0 Å². The predicted octanol–water partition coefficient (Wildman–Crippen LogP) is 7.13. The first-order chi connectivity index (χ1) is 25.3. The number of carbonyl (C=O) groups excluding carboxylic acids is 2. The van der Waals surface area contributed by atoms with Crippen molar-refractivity contribution in [1.82, 2.24) is 10.6 Å². The lowest BCUT2D eigenvalue weighted by Crippen LogP contribution is -2.55. The van der Waals surface area contributed by atoms with Crippen molar-refractivity contribution in [3.8, 4) is 0 Å². The van der Waals surface area contributed by atoms with Gasteiger partial charge < -0.3 is 20.8 Å². The number of carbonyl (C=O) groups is 2. The van der Waals surface area contributed by atoms with Crippen molar-refractivity contribution in [1.29, 1.82) is 0 Å². The topological polar surface area (TPSA) is 98.7 Å². The molecule has 0 spiro atoms. The fourth-order valence-corrected chi connectivity index (χ4v) is 7.07. The zero-order valence-electron chi connectivity index (χ0n) is 29.0. The minimum absolute atomic E-state index is 0.213. The van der Waals surface area contributed by atoms with Crippen LogP contribution in [0.2, 0.25) is 0 Å². The van der Waals surface area contributed by atoms with Gasteiger partial charge >= 0.3 is 11.8 Å². The first-order valence-corrected chi connectivity index (χ1v) is 17.6. The van der Waals surface area contributed by atoms with Crippen LogP contribution in [0.15, 0.2) is 182 Å². The molecule has 2 atom stereocenters. The van der Waals surface area contributed by atoms with E-state index in [-0.39, 0.29) is 25.7 Å². The van der Waals surface area contributed by atoms with Crippen LogP contribution in [0.25, 0.3) is 0 Å². The summed E-state index contributed by atoms with van der Waals surface area (Å²) >= 11 is 0. The van der Waals surface area contributed by atoms with E-state index in [9.17, 15) is 19.8 Å². The molecule has 0 saturated carbocycles. The van der Waals surface area contributed by atoms with Crippen LogP contribution in [0, 0.1) is 0 Å². The minimum atomic E-state index is -1.53. The van der Waals surface area contributed by atoms with E-state index in [1.807, 2.05) is 182 Å². The molecule has 0 heterocycles. The SMILES string of the molecule is O=C(N[C@H](c1ccccc1)C(O)(Cc1ccccc1)Cc1ccccc1)C(=O)N[C@H](c1ccccc1)C(O)(Cc1ccccc1)Cc1ccccc1. The highest BCUT2D eigenvalue weighted by Gasteiger charge is 2.43. The van der Waals surface area contributed by atoms with E-state index in [4.69, 9.17) is 0 Å². The number of hydrogen-bond donors (Lipinski definition) is 4. The predicted molar refractivity (Wildman–Crippen MR) is 205 cm³/mol. The summed E-state index contributed by atoms with van der Waals surface area (Å²) in [5.74, 6) is -1.84. The average molecular weight is 689 g/mol. The number of aliphatic hydroxyl groups is 2. The third-order valence-electron chi connectivity index (χ3n) is 9.51. The maximum Gasteiger partial charge on any atom is 0.309 e. The van der Waals surface area contributed by atoms with Crippen molar-refractivity contribution in [3.05, 3.63) is 215 Å². The molecule has 6 aromatic rings. The fourth-order valence-electron chi connectivity index (χ4n) is 7.07. The quantitative estimate of drug-likeness (QED) is 0.0916. The zero-order valence-corrected chi connectivity index (χ0v) is 29.0. The minimum Gasteiger partial charge on any atom is -0.387 e. The molecule has 0 saturated heterocycles. The first kappa shape index (κ1) is 36.0. The van der Waals surface area contributed by atoms with Gasteiger partial charge in [-0.1, -0.05) is 182 Å². The molecule has 0 fully saturated rings.